The molecule has 4 aromatic rings. The summed E-state index contributed by atoms with van der Waals surface area (Å²) < 4.78 is 11.0. The summed E-state index contributed by atoms with van der Waals surface area (Å²) in [7, 11) is 1.64. The van der Waals surface area contributed by atoms with Crippen LogP contribution in [0.15, 0.2) is 55.0 Å². The molecule has 7 rings (SSSR count). The van der Waals surface area contributed by atoms with E-state index in [2.05, 4.69) is 25.3 Å². The van der Waals surface area contributed by atoms with Gasteiger partial charge in [-0.2, -0.15) is 0 Å². The molecular formula is C37H44N8O4. The molecule has 5 heterocycles. The number of benzene rings is 1. The summed E-state index contributed by atoms with van der Waals surface area (Å²) in [5, 5.41) is 3.42. The van der Waals surface area contributed by atoms with Gasteiger partial charge in [-0.3, -0.25) is 4.79 Å². The average Bonchev–Trinajstić information content (AvgIpc) is 3.79. The van der Waals surface area contributed by atoms with Gasteiger partial charge in [0.25, 0.3) is 5.91 Å². The van der Waals surface area contributed by atoms with Crippen LogP contribution in [0, 0.1) is 0 Å². The van der Waals surface area contributed by atoms with Crippen molar-refractivity contribution >= 4 is 17.9 Å². The highest BCUT2D eigenvalue weighted by Crippen LogP contribution is 2.43. The first-order valence-electron chi connectivity index (χ1n) is 17.2. The van der Waals surface area contributed by atoms with E-state index in [-0.39, 0.29) is 17.4 Å². The molecule has 2 fully saturated rings. The minimum Gasteiger partial charge on any atom is -0.497 e. The Morgan fingerprint density at radius 2 is 1.76 bits per heavy atom. The highest BCUT2D eigenvalue weighted by atomic mass is 16.6. The number of nitrogens with one attached hydrogen (secondary N) is 2. The van der Waals surface area contributed by atoms with Crippen molar-refractivity contribution in [1.82, 2.24) is 34.7 Å². The average molecular weight is 665 g/mol. The van der Waals surface area contributed by atoms with Gasteiger partial charge >= 0.3 is 6.09 Å². The number of anilines is 1. The first kappa shape index (κ1) is 32.5. The number of rotatable bonds is 7. The van der Waals surface area contributed by atoms with Crippen molar-refractivity contribution < 1.29 is 19.1 Å². The Morgan fingerprint density at radius 3 is 2.43 bits per heavy atom. The smallest absolute Gasteiger partial charge is 0.410 e. The maximum absolute atomic E-state index is 14.1. The van der Waals surface area contributed by atoms with E-state index in [1.165, 1.54) is 12.8 Å². The molecule has 49 heavy (non-hydrogen) atoms. The maximum atomic E-state index is 14.1. The quantitative estimate of drug-likeness (QED) is 0.236. The van der Waals surface area contributed by atoms with Crippen LogP contribution in [0.3, 0.4) is 0 Å². The van der Waals surface area contributed by atoms with Gasteiger partial charge in [-0.25, -0.2) is 24.7 Å². The summed E-state index contributed by atoms with van der Waals surface area (Å²) in [5.41, 5.74) is 3.71. The number of fused-ring (bicyclic) bond motifs is 2. The van der Waals surface area contributed by atoms with Crippen molar-refractivity contribution in [2.45, 2.75) is 82.9 Å². The Morgan fingerprint density at radius 1 is 1.04 bits per heavy atom. The lowest BCUT2D eigenvalue weighted by Gasteiger charge is -2.47. The zero-order valence-electron chi connectivity index (χ0n) is 28.7. The Bertz CT molecular complexity index is 1800. The van der Waals surface area contributed by atoms with Crippen LogP contribution in [0.4, 0.5) is 10.7 Å². The van der Waals surface area contributed by atoms with Gasteiger partial charge in [-0.05, 0) is 76.3 Å². The second-order valence-corrected chi connectivity index (χ2v) is 14.4. The van der Waals surface area contributed by atoms with Gasteiger partial charge in [0.15, 0.2) is 5.82 Å². The zero-order chi connectivity index (χ0) is 34.2. The standard InChI is InChI=1S/C37H44N8O4/c1-36(2,3)49-35(47)44-17-14-37(15-18-44)23-45(22-24-9-11-27(48-4)12-10-24)33(46)28-19-30(42-31(28)37)29-13-16-38-32(43-29)25-20-39-34(40-21-25)41-26-7-5-6-8-26/h9-13,16,19-21,26,42H,5-8,14-15,17-18,22-23H2,1-4H3,(H,39,40,41). The second kappa shape index (κ2) is 13.1. The molecule has 1 spiro atoms. The number of piperidine rings is 1. The van der Waals surface area contributed by atoms with Gasteiger partial charge in [0.1, 0.15) is 11.4 Å². The molecule has 1 saturated heterocycles. The molecule has 3 aliphatic rings. The van der Waals surface area contributed by atoms with E-state index in [1.807, 2.05) is 62.1 Å². The number of carbonyl (C=O) groups excluding carboxylic acids is 2. The van der Waals surface area contributed by atoms with Crippen LogP contribution in [-0.2, 0) is 16.7 Å². The minimum atomic E-state index is -0.572. The fourth-order valence-corrected chi connectivity index (χ4v) is 7.22. The number of hydrogen-bond acceptors (Lipinski definition) is 9. The van der Waals surface area contributed by atoms with Crippen LogP contribution in [0.2, 0.25) is 0 Å². The number of amides is 2. The van der Waals surface area contributed by atoms with Gasteiger partial charge in [0.2, 0.25) is 5.95 Å². The van der Waals surface area contributed by atoms with Crippen LogP contribution in [0.1, 0.15) is 80.9 Å². The largest absolute Gasteiger partial charge is 0.497 e. The van der Waals surface area contributed by atoms with Gasteiger partial charge in [-0.1, -0.05) is 25.0 Å². The lowest BCUT2D eigenvalue weighted by molar-refractivity contribution is 0.0120. The third-order valence-electron chi connectivity index (χ3n) is 9.79. The Hall–Kier alpha value is -5.00. The highest BCUT2D eigenvalue weighted by molar-refractivity contribution is 5.98. The summed E-state index contributed by atoms with van der Waals surface area (Å²) in [6.45, 7) is 7.67. The molecule has 2 amide bonds. The van der Waals surface area contributed by atoms with E-state index in [0.29, 0.717) is 73.7 Å². The van der Waals surface area contributed by atoms with Crippen molar-refractivity contribution in [3.8, 4) is 28.5 Å². The molecule has 12 nitrogen and oxygen atoms in total. The van der Waals surface area contributed by atoms with Gasteiger partial charge in [0, 0.05) is 61.9 Å². The van der Waals surface area contributed by atoms with Crippen LogP contribution in [-0.4, -0.2) is 85.1 Å². The number of ether oxygens (including phenoxy) is 2. The number of carbonyl (C=O) groups is 2. The fraction of sp³-hybridized carbons (Fsp3) is 0.459. The lowest BCUT2D eigenvalue weighted by atomic mass is 9.72. The lowest BCUT2D eigenvalue weighted by Crippen LogP contribution is -2.55. The number of likely N-dealkylation sites (tertiary alicyclic amines) is 1. The van der Waals surface area contributed by atoms with E-state index < -0.39 is 5.60 Å². The van der Waals surface area contributed by atoms with E-state index in [0.717, 1.165) is 35.5 Å². The van der Waals surface area contributed by atoms with E-state index in [9.17, 15) is 9.59 Å². The molecule has 2 N–H and O–H groups in total. The summed E-state index contributed by atoms with van der Waals surface area (Å²) in [6.07, 6.45) is 11.0. The predicted molar refractivity (Wildman–Crippen MR) is 185 cm³/mol. The van der Waals surface area contributed by atoms with Gasteiger partial charge in [0.05, 0.1) is 29.6 Å². The summed E-state index contributed by atoms with van der Waals surface area (Å²) in [5.74, 6) is 1.85. The van der Waals surface area contributed by atoms with E-state index in [1.54, 1.807) is 30.6 Å². The SMILES string of the molecule is COc1ccc(CN2CC3(CCN(C(=O)OC(C)(C)C)CC3)c3[nH]c(-c4ccnc(-c5cnc(NC6CCCC6)nc5)n4)cc3C2=O)cc1. The van der Waals surface area contributed by atoms with Crippen LogP contribution in [0.5, 0.6) is 5.75 Å². The Labute approximate surface area is 286 Å². The van der Waals surface area contributed by atoms with Gasteiger partial charge in [-0.15, -0.1) is 0 Å². The second-order valence-electron chi connectivity index (χ2n) is 14.4. The first-order chi connectivity index (χ1) is 23.6. The molecule has 12 heteroatoms. The Kier molecular flexibility index (Phi) is 8.72. The van der Waals surface area contributed by atoms with E-state index in [4.69, 9.17) is 14.5 Å². The zero-order valence-corrected chi connectivity index (χ0v) is 28.7. The summed E-state index contributed by atoms with van der Waals surface area (Å²) in [4.78, 5) is 52.9. The molecule has 256 valence electrons. The minimum absolute atomic E-state index is 0.0402. The molecule has 2 aliphatic heterocycles. The molecule has 0 unspecified atom stereocenters. The topological polar surface area (TPSA) is 138 Å². The fourth-order valence-electron chi connectivity index (χ4n) is 7.22. The molecule has 0 radical (unpaired) electrons. The van der Waals surface area contributed by atoms with Crippen LogP contribution < -0.4 is 10.1 Å². The van der Waals surface area contributed by atoms with Crippen LogP contribution in [0.25, 0.3) is 22.8 Å². The number of H-pyrrole nitrogens is 1. The number of methoxy groups -OCH3 is 1. The Balaban J connectivity index is 1.17. The molecule has 1 saturated carbocycles. The maximum Gasteiger partial charge on any atom is 0.410 e. The third-order valence-corrected chi connectivity index (χ3v) is 9.79. The molecular weight excluding hydrogens is 620 g/mol. The van der Waals surface area contributed by atoms with Crippen molar-refractivity contribution in [3.05, 3.63) is 71.8 Å². The number of nitrogens with zero attached hydrogens (tertiary/aromatic N) is 6. The summed E-state index contributed by atoms with van der Waals surface area (Å²) in [6, 6.07) is 12.0. The number of hydrogen-bond donors (Lipinski definition) is 2. The highest BCUT2D eigenvalue weighted by Gasteiger charge is 2.47. The van der Waals surface area contributed by atoms with Crippen molar-refractivity contribution in [2.24, 2.45) is 0 Å². The molecule has 3 aromatic heterocycles. The third kappa shape index (κ3) is 6.95. The van der Waals surface area contributed by atoms with Gasteiger partial charge < -0.3 is 29.6 Å². The normalized spacial score (nSPS) is 17.7. The molecule has 1 aliphatic carbocycles. The monoisotopic (exact) mass is 664 g/mol. The molecule has 0 bridgehead atoms. The number of aromatic amines is 1. The van der Waals surface area contributed by atoms with Crippen LogP contribution >= 0.6 is 0 Å². The summed E-state index contributed by atoms with van der Waals surface area (Å²) >= 11 is 0. The molecule has 1 aromatic carbocycles. The number of aromatic nitrogens is 5. The van der Waals surface area contributed by atoms with Crippen molar-refractivity contribution in [3.63, 3.8) is 0 Å². The van der Waals surface area contributed by atoms with Crippen molar-refractivity contribution in [1.29, 1.82) is 0 Å². The van der Waals surface area contributed by atoms with Crippen molar-refractivity contribution in [2.75, 3.05) is 32.1 Å². The van der Waals surface area contributed by atoms with E-state index >= 15 is 0 Å². The predicted octanol–water partition coefficient (Wildman–Crippen LogP) is 6.22. The molecule has 0 atom stereocenters. The first-order valence-corrected chi connectivity index (χ1v) is 17.2.